The maximum atomic E-state index is 11.8. The van der Waals surface area contributed by atoms with Gasteiger partial charge in [0.1, 0.15) is 17.1 Å². The third-order valence-electron chi connectivity index (χ3n) is 4.19. The highest BCUT2D eigenvalue weighted by molar-refractivity contribution is 5.84. The van der Waals surface area contributed by atoms with E-state index in [1.54, 1.807) is 11.9 Å². The van der Waals surface area contributed by atoms with Gasteiger partial charge in [-0.3, -0.25) is 4.79 Å². The van der Waals surface area contributed by atoms with Crippen molar-refractivity contribution in [1.29, 1.82) is 0 Å². The zero-order chi connectivity index (χ0) is 14.8. The van der Waals surface area contributed by atoms with Crippen molar-refractivity contribution in [2.75, 3.05) is 20.2 Å². The highest BCUT2D eigenvalue weighted by Gasteiger charge is 2.18. The van der Waals surface area contributed by atoms with Gasteiger partial charge in [-0.05, 0) is 44.4 Å². The Morgan fingerprint density at radius 2 is 2.14 bits per heavy atom. The maximum absolute atomic E-state index is 11.8. The van der Waals surface area contributed by atoms with Crippen molar-refractivity contribution in [3.63, 3.8) is 0 Å². The molecule has 0 fully saturated rings. The summed E-state index contributed by atoms with van der Waals surface area (Å²) in [5.41, 5.74) is 2.24. The van der Waals surface area contributed by atoms with Crippen LogP contribution in [0.5, 0.6) is 5.75 Å². The monoisotopic (exact) mass is 287 g/mol. The summed E-state index contributed by atoms with van der Waals surface area (Å²) in [7, 11) is 1.78. The number of benzene rings is 1. The lowest BCUT2D eigenvalue weighted by molar-refractivity contribution is -0.131. The fraction of sp³-hybridized carbons (Fsp3) is 0.471. The van der Waals surface area contributed by atoms with Gasteiger partial charge in [-0.15, -0.1) is 0 Å². The van der Waals surface area contributed by atoms with Crippen molar-refractivity contribution >= 4 is 16.9 Å². The standard InChI is InChI=1S/C17H21NO3/c1-3-18(2)17(19)11-20-12-8-9-16-14(10-12)13-6-4-5-7-15(13)21-16/h8-10H,3-7,11H2,1-2H3. The third kappa shape index (κ3) is 2.75. The first-order valence-corrected chi connectivity index (χ1v) is 7.60. The predicted molar refractivity (Wildman–Crippen MR) is 81.7 cm³/mol. The van der Waals surface area contributed by atoms with E-state index in [-0.39, 0.29) is 12.5 Å². The molecule has 4 nitrogen and oxygen atoms in total. The highest BCUT2D eigenvalue weighted by Crippen LogP contribution is 2.33. The predicted octanol–water partition coefficient (Wildman–Crippen LogP) is 3.17. The van der Waals surface area contributed by atoms with E-state index in [2.05, 4.69) is 0 Å². The Bertz CT molecular complexity index is 659. The summed E-state index contributed by atoms with van der Waals surface area (Å²) in [5, 5.41) is 1.14. The molecule has 0 atom stereocenters. The van der Waals surface area contributed by atoms with Crippen LogP contribution in [0.25, 0.3) is 11.0 Å². The SMILES string of the molecule is CCN(C)C(=O)COc1ccc2oc3c(c2c1)CCCC3. The lowest BCUT2D eigenvalue weighted by atomic mass is 9.96. The minimum atomic E-state index is -0.00757. The third-order valence-corrected chi connectivity index (χ3v) is 4.19. The summed E-state index contributed by atoms with van der Waals surface area (Å²) < 4.78 is 11.5. The van der Waals surface area contributed by atoms with Crippen LogP contribution in [-0.4, -0.2) is 31.0 Å². The summed E-state index contributed by atoms with van der Waals surface area (Å²) in [5.74, 6) is 1.84. The molecule has 2 aromatic rings. The first kappa shape index (κ1) is 14.0. The lowest BCUT2D eigenvalue weighted by Gasteiger charge is -2.14. The fourth-order valence-electron chi connectivity index (χ4n) is 2.76. The van der Waals surface area contributed by atoms with Crippen LogP contribution in [0, 0.1) is 0 Å². The normalized spacial score (nSPS) is 14.0. The van der Waals surface area contributed by atoms with Crippen LogP contribution in [-0.2, 0) is 17.6 Å². The van der Waals surface area contributed by atoms with Gasteiger partial charge in [0.2, 0.25) is 0 Å². The summed E-state index contributed by atoms with van der Waals surface area (Å²) in [6.07, 6.45) is 4.52. The van der Waals surface area contributed by atoms with E-state index >= 15 is 0 Å². The number of nitrogens with zero attached hydrogens (tertiary/aromatic N) is 1. The molecule has 1 aromatic heterocycles. The van der Waals surface area contributed by atoms with Crippen molar-refractivity contribution in [2.45, 2.75) is 32.6 Å². The molecular formula is C17H21NO3. The van der Waals surface area contributed by atoms with E-state index < -0.39 is 0 Å². The second-order valence-corrected chi connectivity index (χ2v) is 5.57. The Labute approximate surface area is 124 Å². The molecule has 0 spiro atoms. The van der Waals surface area contributed by atoms with Crippen LogP contribution in [0.3, 0.4) is 0 Å². The Balaban J connectivity index is 1.79. The number of hydrogen-bond acceptors (Lipinski definition) is 3. The molecule has 21 heavy (non-hydrogen) atoms. The largest absolute Gasteiger partial charge is 0.484 e. The molecule has 1 aliphatic rings. The number of ether oxygens (including phenoxy) is 1. The average Bonchev–Trinajstić information content (AvgIpc) is 2.89. The summed E-state index contributed by atoms with van der Waals surface area (Å²) in [4.78, 5) is 13.4. The van der Waals surface area contributed by atoms with Crippen LogP contribution in [0.4, 0.5) is 0 Å². The van der Waals surface area contributed by atoms with E-state index in [0.29, 0.717) is 6.54 Å². The smallest absolute Gasteiger partial charge is 0.260 e. The van der Waals surface area contributed by atoms with Crippen molar-refractivity contribution in [2.24, 2.45) is 0 Å². The minimum Gasteiger partial charge on any atom is -0.484 e. The van der Waals surface area contributed by atoms with Gasteiger partial charge in [-0.2, -0.15) is 0 Å². The number of carbonyl (C=O) groups excluding carboxylic acids is 1. The van der Waals surface area contributed by atoms with Crippen molar-refractivity contribution in [3.8, 4) is 5.75 Å². The fourth-order valence-corrected chi connectivity index (χ4v) is 2.76. The van der Waals surface area contributed by atoms with E-state index in [4.69, 9.17) is 9.15 Å². The second kappa shape index (κ2) is 5.80. The van der Waals surface area contributed by atoms with Crippen molar-refractivity contribution in [1.82, 2.24) is 4.90 Å². The Kier molecular flexibility index (Phi) is 3.86. The van der Waals surface area contributed by atoms with Gasteiger partial charge in [0.05, 0.1) is 0 Å². The lowest BCUT2D eigenvalue weighted by Crippen LogP contribution is -2.31. The van der Waals surface area contributed by atoms with Crippen LogP contribution >= 0.6 is 0 Å². The number of rotatable bonds is 4. The molecule has 0 aliphatic heterocycles. The average molecular weight is 287 g/mol. The van der Waals surface area contributed by atoms with Gasteiger partial charge in [-0.25, -0.2) is 0 Å². The number of furan rings is 1. The zero-order valence-corrected chi connectivity index (χ0v) is 12.6. The van der Waals surface area contributed by atoms with E-state index in [0.717, 1.165) is 35.3 Å². The molecule has 0 saturated carbocycles. The molecule has 0 saturated heterocycles. The van der Waals surface area contributed by atoms with Crippen LogP contribution < -0.4 is 4.74 Å². The summed E-state index contributed by atoms with van der Waals surface area (Å²) >= 11 is 0. The Hall–Kier alpha value is -1.97. The molecule has 1 aromatic carbocycles. The number of carbonyl (C=O) groups is 1. The maximum Gasteiger partial charge on any atom is 0.260 e. The summed E-state index contributed by atoms with van der Waals surface area (Å²) in [6, 6.07) is 5.82. The van der Waals surface area contributed by atoms with Gasteiger partial charge in [0.15, 0.2) is 6.61 Å². The highest BCUT2D eigenvalue weighted by atomic mass is 16.5. The molecule has 1 aliphatic carbocycles. The van der Waals surface area contributed by atoms with Gasteiger partial charge in [0, 0.05) is 31.0 Å². The molecule has 1 amide bonds. The quantitative estimate of drug-likeness (QED) is 0.867. The minimum absolute atomic E-state index is 0.00757. The number of amides is 1. The molecule has 4 heteroatoms. The number of hydrogen-bond donors (Lipinski definition) is 0. The molecule has 1 heterocycles. The van der Waals surface area contributed by atoms with E-state index in [9.17, 15) is 4.79 Å². The van der Waals surface area contributed by atoms with Crippen molar-refractivity contribution in [3.05, 3.63) is 29.5 Å². The number of likely N-dealkylation sites (N-methyl/N-ethyl adjacent to an activating group) is 1. The molecule has 3 rings (SSSR count). The molecule has 0 unspecified atom stereocenters. The molecule has 112 valence electrons. The van der Waals surface area contributed by atoms with Crippen LogP contribution in [0.15, 0.2) is 22.6 Å². The zero-order valence-electron chi connectivity index (χ0n) is 12.6. The number of aryl methyl sites for hydroxylation is 2. The Morgan fingerprint density at radius 1 is 1.33 bits per heavy atom. The van der Waals surface area contributed by atoms with Crippen LogP contribution in [0.2, 0.25) is 0 Å². The number of fused-ring (bicyclic) bond motifs is 3. The molecular weight excluding hydrogens is 266 g/mol. The molecule has 0 radical (unpaired) electrons. The van der Waals surface area contributed by atoms with Gasteiger partial charge >= 0.3 is 0 Å². The summed E-state index contributed by atoms with van der Waals surface area (Å²) in [6.45, 7) is 2.72. The second-order valence-electron chi connectivity index (χ2n) is 5.57. The van der Waals surface area contributed by atoms with Gasteiger partial charge in [-0.1, -0.05) is 0 Å². The first-order valence-electron chi connectivity index (χ1n) is 7.60. The van der Waals surface area contributed by atoms with Crippen LogP contribution in [0.1, 0.15) is 31.1 Å². The molecule has 0 N–H and O–H groups in total. The van der Waals surface area contributed by atoms with Crippen molar-refractivity contribution < 1.29 is 13.9 Å². The van der Waals surface area contributed by atoms with E-state index in [1.807, 2.05) is 25.1 Å². The first-order chi connectivity index (χ1) is 10.2. The topological polar surface area (TPSA) is 42.7 Å². The van der Waals surface area contributed by atoms with Gasteiger partial charge < -0.3 is 14.1 Å². The van der Waals surface area contributed by atoms with E-state index in [1.165, 1.54) is 18.4 Å². The molecule has 0 bridgehead atoms. The Morgan fingerprint density at radius 3 is 2.95 bits per heavy atom. The van der Waals surface area contributed by atoms with Gasteiger partial charge in [0.25, 0.3) is 5.91 Å².